The van der Waals surface area contributed by atoms with Gasteiger partial charge in [-0.3, -0.25) is 19.7 Å². The zero-order valence-electron chi connectivity index (χ0n) is 17.6. The van der Waals surface area contributed by atoms with Gasteiger partial charge < -0.3 is 19.5 Å². The van der Waals surface area contributed by atoms with Crippen molar-refractivity contribution >= 4 is 23.1 Å². The second-order valence-corrected chi connectivity index (χ2v) is 7.79. The van der Waals surface area contributed by atoms with Crippen molar-refractivity contribution in [3.05, 3.63) is 74.8 Å². The Kier molecular flexibility index (Phi) is 5.67. The van der Waals surface area contributed by atoms with Gasteiger partial charge in [0.05, 0.1) is 23.1 Å². The maximum absolute atomic E-state index is 13.0. The summed E-state index contributed by atoms with van der Waals surface area (Å²) in [7, 11) is 1.48. The summed E-state index contributed by atoms with van der Waals surface area (Å²) in [6.45, 7) is 2.25. The molecule has 2 aromatic carbocycles. The summed E-state index contributed by atoms with van der Waals surface area (Å²) in [5.74, 6) is -1.15. The fraction of sp³-hybridized carbons (Fsp3) is 0.304. The number of fused-ring (bicyclic) bond motifs is 1. The van der Waals surface area contributed by atoms with Crippen LogP contribution in [0.15, 0.2) is 48.0 Å². The smallest absolute Gasteiger partial charge is 0.295 e. The van der Waals surface area contributed by atoms with E-state index in [1.807, 2.05) is 6.92 Å². The van der Waals surface area contributed by atoms with Crippen LogP contribution in [0.1, 0.15) is 29.7 Å². The highest BCUT2D eigenvalue weighted by molar-refractivity contribution is 6.46. The average Bonchev–Trinajstić information content (AvgIpc) is 3.27. The van der Waals surface area contributed by atoms with Crippen LogP contribution in [0.2, 0.25) is 0 Å². The van der Waals surface area contributed by atoms with E-state index in [-0.39, 0.29) is 36.3 Å². The third-order valence-corrected chi connectivity index (χ3v) is 5.67. The average molecular weight is 438 g/mol. The molecule has 0 radical (unpaired) electrons. The molecule has 166 valence electrons. The summed E-state index contributed by atoms with van der Waals surface area (Å²) in [6, 6.07) is 9.82. The van der Waals surface area contributed by atoms with Crippen LogP contribution in [0.3, 0.4) is 0 Å². The third-order valence-electron chi connectivity index (χ3n) is 5.67. The Hall–Kier alpha value is -3.72. The van der Waals surface area contributed by atoms with E-state index in [9.17, 15) is 24.8 Å². The number of amides is 1. The zero-order chi connectivity index (χ0) is 23.0. The molecule has 0 aromatic heterocycles. The maximum Gasteiger partial charge on any atom is 0.295 e. The molecule has 32 heavy (non-hydrogen) atoms. The van der Waals surface area contributed by atoms with E-state index in [0.717, 1.165) is 11.3 Å². The van der Waals surface area contributed by atoms with Gasteiger partial charge in [-0.05, 0) is 48.4 Å². The third kappa shape index (κ3) is 3.71. The van der Waals surface area contributed by atoms with Crippen molar-refractivity contribution in [2.45, 2.75) is 25.5 Å². The number of Topliss-reactive ketones (excluding diaryl/α,β-unsaturated/α-hetero) is 1. The maximum atomic E-state index is 13.0. The largest absolute Gasteiger partial charge is 0.507 e. The van der Waals surface area contributed by atoms with Gasteiger partial charge in [-0.25, -0.2) is 0 Å². The van der Waals surface area contributed by atoms with Crippen LogP contribution in [0, 0.1) is 10.1 Å². The lowest BCUT2D eigenvalue weighted by molar-refractivity contribution is -0.384. The van der Waals surface area contributed by atoms with Crippen molar-refractivity contribution < 1.29 is 29.1 Å². The molecule has 1 saturated heterocycles. The summed E-state index contributed by atoms with van der Waals surface area (Å²) in [6.07, 6.45) is 0.687. The molecule has 4 rings (SSSR count). The molecule has 2 heterocycles. The number of nitrogens with zero attached hydrogens (tertiary/aromatic N) is 2. The molecule has 0 bridgehead atoms. The minimum absolute atomic E-state index is 0.0159. The summed E-state index contributed by atoms with van der Waals surface area (Å²) in [5, 5.41) is 22.2. The molecular formula is C23H22N2O7. The Morgan fingerprint density at radius 1 is 1.25 bits per heavy atom. The number of benzene rings is 2. The molecule has 2 aromatic rings. The van der Waals surface area contributed by atoms with E-state index in [1.165, 1.54) is 36.3 Å². The number of carbonyl (C=O) groups is 2. The fourth-order valence-electron chi connectivity index (χ4n) is 4.15. The Labute approximate surface area is 184 Å². The highest BCUT2D eigenvalue weighted by Gasteiger charge is 2.46. The molecule has 1 fully saturated rings. The van der Waals surface area contributed by atoms with Crippen LogP contribution < -0.4 is 4.74 Å². The Morgan fingerprint density at radius 2 is 1.97 bits per heavy atom. The number of aliphatic hydroxyl groups is 1. The van der Waals surface area contributed by atoms with Crippen molar-refractivity contribution in [1.82, 2.24) is 4.90 Å². The van der Waals surface area contributed by atoms with Crippen LogP contribution in [0.5, 0.6) is 5.75 Å². The van der Waals surface area contributed by atoms with Gasteiger partial charge in [0.25, 0.3) is 17.4 Å². The number of likely N-dealkylation sites (tertiary alicyclic amines) is 1. The molecule has 2 aliphatic heterocycles. The number of nitro groups is 1. The van der Waals surface area contributed by atoms with E-state index in [1.54, 1.807) is 18.2 Å². The first-order valence-corrected chi connectivity index (χ1v) is 10.1. The second kappa shape index (κ2) is 8.43. The van der Waals surface area contributed by atoms with Gasteiger partial charge in [0.2, 0.25) is 0 Å². The van der Waals surface area contributed by atoms with Crippen molar-refractivity contribution in [2.75, 3.05) is 20.3 Å². The van der Waals surface area contributed by atoms with Gasteiger partial charge in [-0.2, -0.15) is 0 Å². The number of non-ortho nitro benzene ring substituents is 1. The molecule has 9 heteroatoms. The second-order valence-electron chi connectivity index (χ2n) is 7.79. The number of nitro benzene ring substituents is 1. The first-order chi connectivity index (χ1) is 15.3. The van der Waals surface area contributed by atoms with Gasteiger partial charge in [0.15, 0.2) is 0 Å². The molecule has 2 atom stereocenters. The quantitative estimate of drug-likeness (QED) is 0.242. The van der Waals surface area contributed by atoms with Gasteiger partial charge in [0, 0.05) is 37.8 Å². The topological polar surface area (TPSA) is 119 Å². The highest BCUT2D eigenvalue weighted by Crippen LogP contribution is 2.40. The number of aliphatic hydroxyl groups excluding tert-OH is 1. The lowest BCUT2D eigenvalue weighted by atomic mass is 9.94. The number of methoxy groups -OCH3 is 1. The highest BCUT2D eigenvalue weighted by atomic mass is 16.6. The normalized spacial score (nSPS) is 21.5. The Morgan fingerprint density at radius 3 is 2.62 bits per heavy atom. The number of rotatable bonds is 6. The minimum Gasteiger partial charge on any atom is -0.507 e. The van der Waals surface area contributed by atoms with Crippen molar-refractivity contribution in [3.63, 3.8) is 0 Å². The first kappa shape index (κ1) is 21.5. The predicted molar refractivity (Wildman–Crippen MR) is 114 cm³/mol. The van der Waals surface area contributed by atoms with Gasteiger partial charge >= 0.3 is 0 Å². The van der Waals surface area contributed by atoms with E-state index < -0.39 is 22.7 Å². The van der Waals surface area contributed by atoms with Gasteiger partial charge in [-0.15, -0.1) is 0 Å². The summed E-state index contributed by atoms with van der Waals surface area (Å²) < 4.78 is 10.8. The molecule has 0 saturated carbocycles. The monoisotopic (exact) mass is 438 g/mol. The summed E-state index contributed by atoms with van der Waals surface area (Å²) >= 11 is 0. The number of ketones is 1. The SMILES string of the molecule is COCCN1C(=O)C(=O)/C(=C(/O)c2ccc3c(c2)CC(C)O3)C1c1ccc([N+](=O)[O-])cc1. The van der Waals surface area contributed by atoms with Crippen LogP contribution >= 0.6 is 0 Å². The first-order valence-electron chi connectivity index (χ1n) is 10.1. The van der Waals surface area contributed by atoms with E-state index in [4.69, 9.17) is 9.47 Å². The van der Waals surface area contributed by atoms with Gasteiger partial charge in [0.1, 0.15) is 17.6 Å². The van der Waals surface area contributed by atoms with Crippen molar-refractivity contribution in [3.8, 4) is 5.75 Å². The number of hydrogen-bond donors (Lipinski definition) is 1. The minimum atomic E-state index is -0.894. The molecule has 0 aliphatic carbocycles. The fourth-order valence-corrected chi connectivity index (χ4v) is 4.15. The molecule has 2 aliphatic rings. The molecule has 9 nitrogen and oxygen atoms in total. The molecule has 2 unspecified atom stereocenters. The van der Waals surface area contributed by atoms with Crippen LogP contribution in [0.25, 0.3) is 5.76 Å². The Balaban J connectivity index is 1.82. The number of ether oxygens (including phenoxy) is 2. The van der Waals surface area contributed by atoms with Crippen molar-refractivity contribution in [1.29, 1.82) is 0 Å². The van der Waals surface area contributed by atoms with Crippen molar-refractivity contribution in [2.24, 2.45) is 0 Å². The molecule has 1 N–H and O–H groups in total. The van der Waals surface area contributed by atoms with E-state index in [2.05, 4.69) is 0 Å². The predicted octanol–water partition coefficient (Wildman–Crippen LogP) is 2.99. The standard InChI is InChI=1S/C23H22N2O7/c1-13-11-16-12-15(5-8-18(16)32-13)21(26)19-20(14-3-6-17(7-4-14)25(29)30)24(9-10-31-2)23(28)22(19)27/h3-8,12-13,20,26H,9-11H2,1-2H3/b21-19+. The zero-order valence-corrected chi connectivity index (χ0v) is 17.6. The summed E-state index contributed by atoms with van der Waals surface area (Å²) in [4.78, 5) is 37.6. The molecular weight excluding hydrogens is 416 g/mol. The Bertz CT molecular complexity index is 1120. The van der Waals surface area contributed by atoms with Crippen LogP contribution in [-0.4, -0.2) is 53.0 Å². The van der Waals surface area contributed by atoms with Crippen LogP contribution in [-0.2, 0) is 20.7 Å². The molecule has 0 spiro atoms. The lowest BCUT2D eigenvalue weighted by Gasteiger charge is -2.25. The van der Waals surface area contributed by atoms with E-state index >= 15 is 0 Å². The van der Waals surface area contributed by atoms with Gasteiger partial charge in [-0.1, -0.05) is 0 Å². The number of hydrogen-bond acceptors (Lipinski definition) is 7. The number of carbonyl (C=O) groups excluding carboxylic acids is 2. The summed E-state index contributed by atoms with van der Waals surface area (Å²) in [5.41, 5.74) is 1.60. The molecule has 1 amide bonds. The van der Waals surface area contributed by atoms with E-state index in [0.29, 0.717) is 17.5 Å². The lowest BCUT2D eigenvalue weighted by Crippen LogP contribution is -2.32. The van der Waals surface area contributed by atoms with Crippen LogP contribution in [0.4, 0.5) is 5.69 Å².